The second-order valence-corrected chi connectivity index (χ2v) is 8.10. The Labute approximate surface area is 189 Å². The van der Waals surface area contributed by atoms with E-state index in [0.29, 0.717) is 22.7 Å². The molecule has 0 radical (unpaired) electrons. The predicted molar refractivity (Wildman–Crippen MR) is 124 cm³/mol. The number of nitrogens with one attached hydrogen (secondary N) is 2. The Morgan fingerprint density at radius 2 is 1.66 bits per heavy atom. The summed E-state index contributed by atoms with van der Waals surface area (Å²) in [6.07, 6.45) is 0. The van der Waals surface area contributed by atoms with E-state index in [-0.39, 0.29) is 30.0 Å². The van der Waals surface area contributed by atoms with E-state index < -0.39 is 0 Å². The number of carbonyl (C=O) groups excluding carboxylic acids is 3. The monoisotopic (exact) mass is 447 g/mol. The molecule has 0 aliphatic carbocycles. The highest BCUT2D eigenvalue weighted by Crippen LogP contribution is 2.34. The molecule has 0 saturated heterocycles. The number of nitrogens with zero attached hydrogens (tertiary/aromatic N) is 1. The van der Waals surface area contributed by atoms with Gasteiger partial charge >= 0.3 is 0 Å². The minimum Gasteiger partial charge on any atom is -0.497 e. The lowest BCUT2D eigenvalue weighted by Gasteiger charge is -2.15. The minimum atomic E-state index is -0.389. The van der Waals surface area contributed by atoms with Gasteiger partial charge < -0.3 is 15.4 Å². The topological polar surface area (TPSA) is 87.7 Å². The fourth-order valence-electron chi connectivity index (χ4n) is 3.38. The van der Waals surface area contributed by atoms with E-state index >= 15 is 0 Å². The summed E-state index contributed by atoms with van der Waals surface area (Å²) in [5, 5.41) is 7.68. The van der Waals surface area contributed by atoms with E-state index in [0.717, 1.165) is 10.4 Å². The average molecular weight is 448 g/mol. The Morgan fingerprint density at radius 1 is 0.969 bits per heavy atom. The molecule has 0 fully saturated rings. The Hall–Kier alpha value is -3.91. The summed E-state index contributed by atoms with van der Waals surface area (Å²) in [6.45, 7) is 1.59. The van der Waals surface area contributed by atoms with Crippen LogP contribution >= 0.6 is 11.3 Å². The number of carbonyl (C=O) groups is 3. The van der Waals surface area contributed by atoms with Crippen LogP contribution in [0.15, 0.2) is 71.7 Å². The summed E-state index contributed by atoms with van der Waals surface area (Å²) in [4.78, 5) is 39.7. The largest absolute Gasteiger partial charge is 0.497 e. The summed E-state index contributed by atoms with van der Waals surface area (Å²) in [5.74, 6) is -0.194. The fraction of sp³-hybridized carbons (Fsp3) is 0.125. The van der Waals surface area contributed by atoms with Gasteiger partial charge in [0.15, 0.2) is 0 Å². The average Bonchev–Trinajstić information content (AvgIpc) is 3.38. The van der Waals surface area contributed by atoms with Gasteiger partial charge in [0.2, 0.25) is 5.91 Å². The van der Waals surface area contributed by atoms with Crippen molar-refractivity contribution in [3.05, 3.63) is 82.2 Å². The van der Waals surface area contributed by atoms with Gasteiger partial charge in [0, 0.05) is 23.2 Å². The lowest BCUT2D eigenvalue weighted by atomic mass is 10.1. The number of imide groups is 1. The Kier molecular flexibility index (Phi) is 6.04. The molecule has 1 aliphatic rings. The zero-order chi connectivity index (χ0) is 22.7. The van der Waals surface area contributed by atoms with Crippen molar-refractivity contribution in [1.29, 1.82) is 0 Å². The molecule has 0 atom stereocenters. The van der Waals surface area contributed by atoms with Crippen molar-refractivity contribution in [3.8, 4) is 5.75 Å². The molecule has 4 rings (SSSR count). The van der Waals surface area contributed by atoms with E-state index in [1.165, 1.54) is 23.2 Å². The molecule has 8 heteroatoms. The summed E-state index contributed by atoms with van der Waals surface area (Å²) in [5.41, 5.74) is 2.68. The summed E-state index contributed by atoms with van der Waals surface area (Å²) in [6, 6.07) is 17.9. The van der Waals surface area contributed by atoms with Crippen LogP contribution in [0.2, 0.25) is 0 Å². The van der Waals surface area contributed by atoms with Gasteiger partial charge in [-0.2, -0.15) is 0 Å². The molecule has 162 valence electrons. The second kappa shape index (κ2) is 9.07. The van der Waals surface area contributed by atoms with Crippen LogP contribution in [-0.2, 0) is 20.9 Å². The number of hydrogen-bond acceptors (Lipinski definition) is 6. The van der Waals surface area contributed by atoms with Gasteiger partial charge in [-0.05, 0) is 53.4 Å². The van der Waals surface area contributed by atoms with Crippen LogP contribution in [0.5, 0.6) is 5.75 Å². The molecule has 3 aromatic rings. The molecule has 1 aromatic heterocycles. The first-order valence-corrected chi connectivity index (χ1v) is 10.8. The summed E-state index contributed by atoms with van der Waals surface area (Å²) < 4.78 is 5.17. The third-order valence-corrected chi connectivity index (χ3v) is 5.80. The summed E-state index contributed by atoms with van der Waals surface area (Å²) >= 11 is 1.40. The Bertz CT molecular complexity index is 1180. The zero-order valence-electron chi connectivity index (χ0n) is 17.5. The van der Waals surface area contributed by atoms with Gasteiger partial charge in [0.25, 0.3) is 11.8 Å². The van der Waals surface area contributed by atoms with Crippen LogP contribution in [-0.4, -0.2) is 29.7 Å². The second-order valence-electron chi connectivity index (χ2n) is 7.16. The van der Waals surface area contributed by atoms with Gasteiger partial charge in [-0.25, -0.2) is 0 Å². The highest BCUT2D eigenvalue weighted by molar-refractivity contribution is 7.11. The maximum absolute atomic E-state index is 13.3. The lowest BCUT2D eigenvalue weighted by molar-refractivity contribution is -0.137. The smallest absolute Gasteiger partial charge is 0.278 e. The molecule has 2 N–H and O–H groups in total. The van der Waals surface area contributed by atoms with Gasteiger partial charge in [-0.15, -0.1) is 11.3 Å². The molecular formula is C24H21N3O4S. The van der Waals surface area contributed by atoms with Gasteiger partial charge in [-0.3, -0.25) is 19.3 Å². The standard InChI is InChI=1S/C24H21N3O4S/c1-15(28)25-17-7-9-18(10-8-17)26-22-21(20-4-3-13-32-20)23(29)27(24(22)30)14-16-5-11-19(31-2)12-6-16/h3-13,26H,14H2,1-2H3,(H,25,28). The number of methoxy groups -OCH3 is 1. The van der Waals surface area contributed by atoms with Crippen molar-refractivity contribution >= 4 is 46.0 Å². The van der Waals surface area contributed by atoms with Gasteiger partial charge in [0.05, 0.1) is 19.2 Å². The lowest BCUT2D eigenvalue weighted by Crippen LogP contribution is -2.31. The quantitative estimate of drug-likeness (QED) is 0.533. The molecule has 1 aliphatic heterocycles. The first-order chi connectivity index (χ1) is 15.5. The van der Waals surface area contributed by atoms with E-state index in [9.17, 15) is 14.4 Å². The van der Waals surface area contributed by atoms with Crippen molar-refractivity contribution in [1.82, 2.24) is 4.90 Å². The van der Waals surface area contributed by atoms with Crippen LogP contribution in [0.4, 0.5) is 11.4 Å². The molecule has 0 spiro atoms. The predicted octanol–water partition coefficient (Wildman–Crippen LogP) is 4.11. The first-order valence-electron chi connectivity index (χ1n) is 9.88. The Balaban J connectivity index is 1.62. The first kappa shape index (κ1) is 21.3. The number of amides is 3. The van der Waals surface area contributed by atoms with Crippen molar-refractivity contribution in [2.45, 2.75) is 13.5 Å². The highest BCUT2D eigenvalue weighted by atomic mass is 32.1. The van der Waals surface area contributed by atoms with E-state index in [4.69, 9.17) is 4.74 Å². The molecule has 7 nitrogen and oxygen atoms in total. The van der Waals surface area contributed by atoms with E-state index in [1.54, 1.807) is 43.5 Å². The Morgan fingerprint density at radius 3 is 2.25 bits per heavy atom. The SMILES string of the molecule is COc1ccc(CN2C(=O)C(Nc3ccc(NC(C)=O)cc3)=C(c3cccs3)C2=O)cc1. The van der Waals surface area contributed by atoms with Crippen molar-refractivity contribution in [2.24, 2.45) is 0 Å². The van der Waals surface area contributed by atoms with Crippen LogP contribution in [0.1, 0.15) is 17.4 Å². The molecule has 0 bridgehead atoms. The zero-order valence-corrected chi connectivity index (χ0v) is 18.4. The van der Waals surface area contributed by atoms with Crippen molar-refractivity contribution < 1.29 is 19.1 Å². The van der Waals surface area contributed by atoms with E-state index in [1.807, 2.05) is 29.6 Å². The third kappa shape index (κ3) is 4.40. The van der Waals surface area contributed by atoms with Crippen LogP contribution in [0.25, 0.3) is 5.57 Å². The maximum atomic E-state index is 13.3. The molecule has 0 unspecified atom stereocenters. The number of rotatable bonds is 7. The van der Waals surface area contributed by atoms with Crippen molar-refractivity contribution in [3.63, 3.8) is 0 Å². The molecule has 2 aromatic carbocycles. The molecular weight excluding hydrogens is 426 g/mol. The normalized spacial score (nSPS) is 13.5. The van der Waals surface area contributed by atoms with Crippen LogP contribution in [0, 0.1) is 0 Å². The number of thiophene rings is 1. The van der Waals surface area contributed by atoms with Gasteiger partial charge in [-0.1, -0.05) is 18.2 Å². The van der Waals surface area contributed by atoms with Gasteiger partial charge in [0.1, 0.15) is 11.4 Å². The summed E-state index contributed by atoms with van der Waals surface area (Å²) in [7, 11) is 1.58. The van der Waals surface area contributed by atoms with E-state index in [2.05, 4.69) is 10.6 Å². The fourth-order valence-corrected chi connectivity index (χ4v) is 4.15. The van der Waals surface area contributed by atoms with Crippen molar-refractivity contribution in [2.75, 3.05) is 17.7 Å². The third-order valence-electron chi connectivity index (χ3n) is 4.91. The number of ether oxygens (including phenoxy) is 1. The number of benzene rings is 2. The minimum absolute atomic E-state index is 0.156. The molecule has 32 heavy (non-hydrogen) atoms. The number of hydrogen-bond donors (Lipinski definition) is 2. The maximum Gasteiger partial charge on any atom is 0.278 e. The molecule has 0 saturated carbocycles. The van der Waals surface area contributed by atoms with Crippen LogP contribution in [0.3, 0.4) is 0 Å². The molecule has 2 heterocycles. The molecule has 3 amide bonds. The van der Waals surface area contributed by atoms with Crippen LogP contribution < -0.4 is 15.4 Å². The number of anilines is 2. The highest BCUT2D eigenvalue weighted by Gasteiger charge is 2.39.